The van der Waals surface area contributed by atoms with Gasteiger partial charge in [-0.05, 0) is 37.2 Å². The van der Waals surface area contributed by atoms with Gasteiger partial charge in [-0.25, -0.2) is 4.98 Å². The number of piperazine rings is 1. The Bertz CT molecular complexity index is 764. The van der Waals surface area contributed by atoms with Crippen LogP contribution in [0, 0.1) is 6.92 Å². The molecule has 2 aromatic rings. The van der Waals surface area contributed by atoms with E-state index in [1.807, 2.05) is 47.5 Å². The average Bonchev–Trinajstić information content (AvgIpc) is 3.10. The molecule has 1 fully saturated rings. The van der Waals surface area contributed by atoms with Gasteiger partial charge in [0.15, 0.2) is 0 Å². The molecular formula is C20H25N3O2S. The first-order chi connectivity index (χ1) is 12.6. The lowest BCUT2D eigenvalue weighted by molar-refractivity contribution is -0.127. The zero-order valence-corrected chi connectivity index (χ0v) is 16.2. The lowest BCUT2D eigenvalue weighted by Gasteiger charge is -2.33. The Kier molecular flexibility index (Phi) is 6.41. The molecule has 0 saturated carbocycles. The molecule has 6 heteroatoms. The Labute approximate surface area is 158 Å². The van der Waals surface area contributed by atoms with Crippen LogP contribution in [0.5, 0.6) is 5.75 Å². The number of carbonyl (C=O) groups excluding carboxylic acids is 1. The van der Waals surface area contributed by atoms with E-state index < -0.39 is 0 Å². The largest absolute Gasteiger partial charge is 0.487 e. The van der Waals surface area contributed by atoms with Gasteiger partial charge in [-0.1, -0.05) is 19.1 Å². The summed E-state index contributed by atoms with van der Waals surface area (Å²) in [5, 5.41) is 3.05. The van der Waals surface area contributed by atoms with Crippen LogP contribution in [0.2, 0.25) is 0 Å². The molecule has 0 bridgehead atoms. The van der Waals surface area contributed by atoms with Gasteiger partial charge in [-0.15, -0.1) is 11.3 Å². The summed E-state index contributed by atoms with van der Waals surface area (Å²) in [6.45, 7) is 9.15. The zero-order chi connectivity index (χ0) is 18.4. The van der Waals surface area contributed by atoms with Crippen LogP contribution in [-0.2, 0) is 11.4 Å². The van der Waals surface area contributed by atoms with Crippen molar-refractivity contribution in [1.82, 2.24) is 14.8 Å². The number of nitrogens with zero attached hydrogens (tertiary/aromatic N) is 3. The molecule has 26 heavy (non-hydrogen) atoms. The highest BCUT2D eigenvalue weighted by Crippen LogP contribution is 2.17. The first kappa shape index (κ1) is 18.6. The van der Waals surface area contributed by atoms with E-state index in [2.05, 4.69) is 16.8 Å². The fraction of sp³-hybridized carbons (Fsp3) is 0.400. The lowest BCUT2D eigenvalue weighted by atomic mass is 10.2. The van der Waals surface area contributed by atoms with Gasteiger partial charge in [-0.2, -0.15) is 0 Å². The van der Waals surface area contributed by atoms with Crippen LogP contribution in [0.1, 0.15) is 23.2 Å². The second kappa shape index (κ2) is 8.96. The third-order valence-corrected chi connectivity index (χ3v) is 5.28. The molecule has 0 radical (unpaired) electrons. The zero-order valence-electron chi connectivity index (χ0n) is 15.4. The molecule has 0 unspecified atom stereocenters. The molecule has 0 spiro atoms. The smallest absolute Gasteiger partial charge is 0.246 e. The normalized spacial score (nSPS) is 15.5. The number of hydrogen-bond acceptors (Lipinski definition) is 5. The van der Waals surface area contributed by atoms with Crippen molar-refractivity contribution in [2.24, 2.45) is 0 Å². The van der Waals surface area contributed by atoms with Crippen LogP contribution in [0.3, 0.4) is 0 Å². The van der Waals surface area contributed by atoms with Gasteiger partial charge in [0.2, 0.25) is 5.91 Å². The van der Waals surface area contributed by atoms with Gasteiger partial charge in [0.05, 0.1) is 10.7 Å². The first-order valence-electron chi connectivity index (χ1n) is 8.97. The standard InChI is InChI=1S/C20H25N3O2S/c1-3-22-9-11-23(12-10-22)20(24)8-7-17-5-4-6-19(13-17)25-14-18-15-26-16(2)21-18/h4-8,13,15H,3,9-12,14H2,1-2H3/b8-7+. The molecule has 1 saturated heterocycles. The second-order valence-corrected chi connectivity index (χ2v) is 7.37. The number of carbonyl (C=O) groups is 1. The van der Waals surface area contributed by atoms with Gasteiger partial charge in [0.1, 0.15) is 12.4 Å². The monoisotopic (exact) mass is 371 g/mol. The molecular weight excluding hydrogens is 346 g/mol. The summed E-state index contributed by atoms with van der Waals surface area (Å²) in [4.78, 5) is 21.0. The van der Waals surface area contributed by atoms with Crippen molar-refractivity contribution < 1.29 is 9.53 Å². The molecule has 0 N–H and O–H groups in total. The summed E-state index contributed by atoms with van der Waals surface area (Å²) in [6.07, 6.45) is 3.51. The molecule has 1 aromatic carbocycles. The number of thiazole rings is 1. The van der Waals surface area contributed by atoms with E-state index in [-0.39, 0.29) is 5.91 Å². The predicted octanol–water partition coefficient (Wildman–Crippen LogP) is 3.21. The third kappa shape index (κ3) is 5.16. The number of hydrogen-bond donors (Lipinski definition) is 0. The van der Waals surface area contributed by atoms with Crippen LogP contribution in [0.4, 0.5) is 0 Å². The fourth-order valence-electron chi connectivity index (χ4n) is 2.90. The topological polar surface area (TPSA) is 45.7 Å². The lowest BCUT2D eigenvalue weighted by Crippen LogP contribution is -2.48. The number of benzene rings is 1. The summed E-state index contributed by atoms with van der Waals surface area (Å²) in [5.74, 6) is 0.854. The van der Waals surface area contributed by atoms with Crippen LogP contribution < -0.4 is 4.74 Å². The maximum atomic E-state index is 12.3. The molecule has 1 aliphatic heterocycles. The van der Waals surface area contributed by atoms with E-state index in [9.17, 15) is 4.79 Å². The van der Waals surface area contributed by atoms with Crippen molar-refractivity contribution in [2.45, 2.75) is 20.5 Å². The Morgan fingerprint density at radius 3 is 2.81 bits per heavy atom. The SMILES string of the molecule is CCN1CCN(C(=O)/C=C/c2cccc(OCc3csc(C)n3)c2)CC1. The summed E-state index contributed by atoms with van der Waals surface area (Å²) in [6, 6.07) is 7.77. The second-order valence-electron chi connectivity index (χ2n) is 6.31. The van der Waals surface area contributed by atoms with Crippen molar-refractivity contribution in [3.8, 4) is 5.75 Å². The quantitative estimate of drug-likeness (QED) is 0.732. The summed E-state index contributed by atoms with van der Waals surface area (Å²) in [5.41, 5.74) is 1.90. The molecule has 0 aliphatic carbocycles. The number of rotatable bonds is 6. The molecule has 1 amide bonds. The summed E-state index contributed by atoms with van der Waals surface area (Å²) < 4.78 is 5.80. The molecule has 138 valence electrons. The van der Waals surface area contributed by atoms with E-state index in [0.29, 0.717) is 6.61 Å². The van der Waals surface area contributed by atoms with Crippen molar-refractivity contribution in [3.63, 3.8) is 0 Å². The Balaban J connectivity index is 1.54. The minimum absolute atomic E-state index is 0.0741. The number of ether oxygens (including phenoxy) is 1. The van der Waals surface area contributed by atoms with E-state index >= 15 is 0 Å². The first-order valence-corrected chi connectivity index (χ1v) is 9.85. The van der Waals surface area contributed by atoms with Crippen molar-refractivity contribution in [2.75, 3.05) is 32.7 Å². The van der Waals surface area contributed by atoms with Crippen LogP contribution >= 0.6 is 11.3 Å². The van der Waals surface area contributed by atoms with Gasteiger partial charge >= 0.3 is 0 Å². The van der Waals surface area contributed by atoms with Gasteiger partial charge in [0, 0.05) is 37.6 Å². The Morgan fingerprint density at radius 1 is 1.31 bits per heavy atom. The Hall–Kier alpha value is -2.18. The number of aryl methyl sites for hydroxylation is 1. The Morgan fingerprint density at radius 2 is 2.12 bits per heavy atom. The average molecular weight is 372 g/mol. The number of aromatic nitrogens is 1. The number of amides is 1. The van der Waals surface area contributed by atoms with E-state index in [1.54, 1.807) is 17.4 Å². The van der Waals surface area contributed by atoms with Crippen molar-refractivity contribution >= 4 is 23.3 Å². The maximum absolute atomic E-state index is 12.3. The molecule has 5 nitrogen and oxygen atoms in total. The van der Waals surface area contributed by atoms with E-state index in [4.69, 9.17) is 4.74 Å². The van der Waals surface area contributed by atoms with E-state index in [0.717, 1.165) is 54.7 Å². The van der Waals surface area contributed by atoms with E-state index in [1.165, 1.54) is 0 Å². The molecule has 2 heterocycles. The van der Waals surface area contributed by atoms with Gasteiger partial charge < -0.3 is 14.5 Å². The minimum Gasteiger partial charge on any atom is -0.487 e. The predicted molar refractivity (Wildman–Crippen MR) is 105 cm³/mol. The molecule has 1 aromatic heterocycles. The minimum atomic E-state index is 0.0741. The maximum Gasteiger partial charge on any atom is 0.246 e. The van der Waals surface area contributed by atoms with Gasteiger partial charge in [0.25, 0.3) is 0 Å². The highest BCUT2D eigenvalue weighted by molar-refractivity contribution is 7.09. The van der Waals surface area contributed by atoms with Gasteiger partial charge in [-0.3, -0.25) is 4.79 Å². The highest BCUT2D eigenvalue weighted by atomic mass is 32.1. The summed E-state index contributed by atoms with van der Waals surface area (Å²) >= 11 is 1.62. The molecule has 0 atom stereocenters. The fourth-order valence-corrected chi connectivity index (χ4v) is 3.49. The highest BCUT2D eigenvalue weighted by Gasteiger charge is 2.18. The number of likely N-dealkylation sites (N-methyl/N-ethyl adjacent to an activating group) is 1. The van der Waals surface area contributed by atoms with Crippen LogP contribution in [0.15, 0.2) is 35.7 Å². The molecule has 3 rings (SSSR count). The molecule has 1 aliphatic rings. The third-order valence-electron chi connectivity index (χ3n) is 4.46. The summed E-state index contributed by atoms with van der Waals surface area (Å²) in [7, 11) is 0. The van der Waals surface area contributed by atoms with Crippen LogP contribution in [0.25, 0.3) is 6.08 Å². The van der Waals surface area contributed by atoms with Crippen LogP contribution in [-0.4, -0.2) is 53.4 Å². The van der Waals surface area contributed by atoms with Crippen molar-refractivity contribution in [1.29, 1.82) is 0 Å². The van der Waals surface area contributed by atoms with Crippen molar-refractivity contribution in [3.05, 3.63) is 52.0 Å².